The van der Waals surface area contributed by atoms with E-state index in [0.29, 0.717) is 19.3 Å². The summed E-state index contributed by atoms with van der Waals surface area (Å²) in [6, 6.07) is 0. The van der Waals surface area contributed by atoms with Crippen LogP contribution in [0.1, 0.15) is 374 Å². The van der Waals surface area contributed by atoms with Crippen LogP contribution >= 0.6 is 0 Å². The van der Waals surface area contributed by atoms with Crippen molar-refractivity contribution in [1.29, 1.82) is 0 Å². The van der Waals surface area contributed by atoms with Crippen molar-refractivity contribution in [2.24, 2.45) is 0 Å². The van der Waals surface area contributed by atoms with Crippen molar-refractivity contribution in [2.45, 2.75) is 380 Å². The van der Waals surface area contributed by atoms with E-state index in [1.54, 1.807) is 0 Å². The number of rotatable bonds is 66. The van der Waals surface area contributed by atoms with Crippen molar-refractivity contribution in [3.63, 3.8) is 0 Å². The molecule has 1 atom stereocenters. The second-order valence-electron chi connectivity index (χ2n) is 24.1. The summed E-state index contributed by atoms with van der Waals surface area (Å²) in [7, 11) is 0. The molecule has 0 spiro atoms. The Morgan fingerprint density at radius 2 is 0.476 bits per heavy atom. The fourth-order valence-corrected chi connectivity index (χ4v) is 10.5. The predicted octanol–water partition coefficient (Wildman–Crippen LogP) is 24.8. The first kappa shape index (κ1) is 78.8. The van der Waals surface area contributed by atoms with Crippen LogP contribution in [0.2, 0.25) is 0 Å². The van der Waals surface area contributed by atoms with Crippen LogP contribution in [-0.2, 0) is 28.6 Å². The molecule has 0 saturated heterocycles. The first-order valence-electron chi connectivity index (χ1n) is 35.9. The van der Waals surface area contributed by atoms with Crippen molar-refractivity contribution >= 4 is 17.9 Å². The van der Waals surface area contributed by atoms with Crippen LogP contribution in [0.4, 0.5) is 0 Å². The van der Waals surface area contributed by atoms with Crippen molar-refractivity contribution in [3.05, 3.63) is 72.9 Å². The molecule has 0 N–H and O–H groups in total. The van der Waals surface area contributed by atoms with Crippen molar-refractivity contribution in [2.75, 3.05) is 13.2 Å². The van der Waals surface area contributed by atoms with E-state index in [2.05, 4.69) is 93.7 Å². The molecule has 0 aliphatic heterocycles. The molecule has 0 heterocycles. The summed E-state index contributed by atoms with van der Waals surface area (Å²) in [5.41, 5.74) is 0. The van der Waals surface area contributed by atoms with Crippen LogP contribution in [0.25, 0.3) is 0 Å². The molecule has 0 aliphatic rings. The maximum Gasteiger partial charge on any atom is 0.306 e. The summed E-state index contributed by atoms with van der Waals surface area (Å²) in [4.78, 5) is 38.4. The fourth-order valence-electron chi connectivity index (χ4n) is 10.5. The molecule has 6 heteroatoms. The Morgan fingerprint density at radius 1 is 0.256 bits per heavy atom. The van der Waals surface area contributed by atoms with Gasteiger partial charge in [-0.25, -0.2) is 0 Å². The minimum Gasteiger partial charge on any atom is -0.462 e. The lowest BCUT2D eigenvalue weighted by Gasteiger charge is -2.18. The van der Waals surface area contributed by atoms with Gasteiger partial charge in [0, 0.05) is 19.3 Å². The third kappa shape index (κ3) is 67.6. The van der Waals surface area contributed by atoms with Crippen LogP contribution < -0.4 is 0 Å². The standard InChI is InChI=1S/C76H136O6/c1-4-7-10-13-16-19-22-25-28-30-31-32-33-34-35-36-37-38-39-40-41-42-43-44-45-47-48-51-54-57-60-63-66-69-75(78)81-72-73(71-80-74(77)68-65-62-59-56-53-50-27-24-21-18-15-12-9-6-3)82-76(79)70-67-64-61-58-55-52-49-46-29-26-23-20-17-14-11-8-5-2/h7,10,16,19,24-29,31-32,73H,4-6,8-9,11-15,17-18,20-23,30,33-72H2,1-3H3/b10-7-,19-16-,27-24-,28-25-,29-26-,32-31-. The zero-order chi connectivity index (χ0) is 59.2. The molecule has 0 bridgehead atoms. The van der Waals surface area contributed by atoms with E-state index < -0.39 is 6.10 Å². The molecular weight excluding hydrogens is 1010 g/mol. The summed E-state index contributed by atoms with van der Waals surface area (Å²) in [6.07, 6.45) is 92.3. The second kappa shape index (κ2) is 70.3. The number of unbranched alkanes of at least 4 members (excludes halogenated alkanes) is 43. The van der Waals surface area contributed by atoms with Gasteiger partial charge in [0.15, 0.2) is 6.10 Å². The second-order valence-corrected chi connectivity index (χ2v) is 24.1. The van der Waals surface area contributed by atoms with Gasteiger partial charge in [0.05, 0.1) is 0 Å². The number of ether oxygens (including phenoxy) is 3. The molecule has 1 unspecified atom stereocenters. The minimum atomic E-state index is -0.779. The summed E-state index contributed by atoms with van der Waals surface area (Å²) in [6.45, 7) is 6.56. The average molecular weight is 1150 g/mol. The van der Waals surface area contributed by atoms with Gasteiger partial charge >= 0.3 is 17.9 Å². The third-order valence-corrected chi connectivity index (χ3v) is 15.9. The molecule has 0 aromatic rings. The highest BCUT2D eigenvalue weighted by atomic mass is 16.6. The van der Waals surface area contributed by atoms with Gasteiger partial charge in [0.25, 0.3) is 0 Å². The zero-order valence-corrected chi connectivity index (χ0v) is 54.8. The third-order valence-electron chi connectivity index (χ3n) is 15.9. The van der Waals surface area contributed by atoms with E-state index in [-0.39, 0.29) is 31.1 Å². The number of hydrogen-bond donors (Lipinski definition) is 0. The van der Waals surface area contributed by atoms with E-state index in [1.165, 1.54) is 244 Å². The molecule has 0 fully saturated rings. The van der Waals surface area contributed by atoms with Gasteiger partial charge in [-0.05, 0) is 109 Å². The van der Waals surface area contributed by atoms with Crippen molar-refractivity contribution in [1.82, 2.24) is 0 Å². The van der Waals surface area contributed by atoms with E-state index >= 15 is 0 Å². The van der Waals surface area contributed by atoms with Crippen LogP contribution in [0.15, 0.2) is 72.9 Å². The van der Waals surface area contributed by atoms with Gasteiger partial charge in [0.1, 0.15) is 13.2 Å². The Kier molecular flexibility index (Phi) is 67.6. The van der Waals surface area contributed by atoms with E-state index in [0.717, 1.165) is 89.9 Å². The lowest BCUT2D eigenvalue weighted by molar-refractivity contribution is -0.167. The highest BCUT2D eigenvalue weighted by Gasteiger charge is 2.19. The first-order valence-corrected chi connectivity index (χ1v) is 35.9. The Morgan fingerprint density at radius 3 is 0.756 bits per heavy atom. The molecule has 0 aromatic carbocycles. The van der Waals surface area contributed by atoms with E-state index in [1.807, 2.05) is 0 Å². The van der Waals surface area contributed by atoms with Crippen molar-refractivity contribution in [3.8, 4) is 0 Å². The number of allylic oxidation sites excluding steroid dienone is 12. The van der Waals surface area contributed by atoms with Crippen LogP contribution in [0.5, 0.6) is 0 Å². The molecule has 82 heavy (non-hydrogen) atoms. The average Bonchev–Trinajstić information content (AvgIpc) is 3.47. The summed E-state index contributed by atoms with van der Waals surface area (Å²) >= 11 is 0. The van der Waals surface area contributed by atoms with Gasteiger partial charge in [0.2, 0.25) is 0 Å². The number of carbonyl (C=O) groups excluding carboxylic acids is 3. The monoisotopic (exact) mass is 1150 g/mol. The van der Waals surface area contributed by atoms with Gasteiger partial charge in [-0.3, -0.25) is 14.4 Å². The van der Waals surface area contributed by atoms with E-state index in [9.17, 15) is 14.4 Å². The quantitative estimate of drug-likeness (QED) is 0.0261. The first-order chi connectivity index (χ1) is 40.5. The molecule has 0 rings (SSSR count). The predicted molar refractivity (Wildman–Crippen MR) is 358 cm³/mol. The molecule has 0 amide bonds. The van der Waals surface area contributed by atoms with Gasteiger partial charge in [-0.1, -0.05) is 318 Å². The van der Waals surface area contributed by atoms with Crippen molar-refractivity contribution < 1.29 is 28.6 Å². The molecule has 0 saturated carbocycles. The Labute approximate surface area is 510 Å². The number of esters is 3. The highest BCUT2D eigenvalue weighted by molar-refractivity contribution is 5.71. The normalized spacial score (nSPS) is 12.5. The molecule has 0 aliphatic carbocycles. The zero-order valence-electron chi connectivity index (χ0n) is 54.8. The Hall–Kier alpha value is -3.15. The highest BCUT2D eigenvalue weighted by Crippen LogP contribution is 2.18. The topological polar surface area (TPSA) is 78.9 Å². The molecule has 0 radical (unpaired) electrons. The van der Waals surface area contributed by atoms with E-state index in [4.69, 9.17) is 14.2 Å². The lowest BCUT2D eigenvalue weighted by atomic mass is 10.0. The van der Waals surface area contributed by atoms with Gasteiger partial charge < -0.3 is 14.2 Å². The number of hydrogen-bond acceptors (Lipinski definition) is 6. The molecule has 476 valence electrons. The smallest absolute Gasteiger partial charge is 0.306 e. The fraction of sp³-hybridized carbons (Fsp3) is 0.803. The minimum absolute atomic E-state index is 0.0747. The molecule has 6 nitrogen and oxygen atoms in total. The number of carbonyl (C=O) groups is 3. The summed E-state index contributed by atoms with van der Waals surface area (Å²) in [5.74, 6) is -0.865. The van der Waals surface area contributed by atoms with Gasteiger partial charge in [-0.2, -0.15) is 0 Å². The maximum atomic E-state index is 12.9. The SMILES string of the molecule is CC/C=C\C/C=C\C/C=C\C/C=C\CCCCCCCCCCCCCCCCCCCCCCC(=O)OCC(COC(=O)CCCCCCC/C=C\CCCCCCC)OC(=O)CCCCCCCCC/C=C\CCCCCCCC. The van der Waals surface area contributed by atoms with Crippen LogP contribution in [0.3, 0.4) is 0 Å². The molecular formula is C76H136O6. The largest absolute Gasteiger partial charge is 0.462 e. The van der Waals surface area contributed by atoms with Crippen LogP contribution in [-0.4, -0.2) is 37.2 Å². The van der Waals surface area contributed by atoms with Crippen LogP contribution in [0, 0.1) is 0 Å². The molecule has 0 aromatic heterocycles. The Balaban J connectivity index is 4.15. The van der Waals surface area contributed by atoms with Gasteiger partial charge in [-0.15, -0.1) is 0 Å². The Bertz CT molecular complexity index is 1500. The summed E-state index contributed by atoms with van der Waals surface area (Å²) in [5, 5.41) is 0. The summed E-state index contributed by atoms with van der Waals surface area (Å²) < 4.78 is 17.0. The maximum absolute atomic E-state index is 12.9. The lowest BCUT2D eigenvalue weighted by Crippen LogP contribution is -2.30.